The van der Waals surface area contributed by atoms with Crippen molar-refractivity contribution in [2.45, 2.75) is 50.1 Å². The molecule has 0 unspecified atom stereocenters. The van der Waals surface area contributed by atoms with Crippen LogP contribution in [0, 0.1) is 0 Å². The summed E-state index contributed by atoms with van der Waals surface area (Å²) in [5.41, 5.74) is 2.06. The largest absolute Gasteiger partial charge is 0.451 e. The Labute approximate surface area is 170 Å². The molecule has 10 heteroatoms. The van der Waals surface area contributed by atoms with Crippen LogP contribution >= 0.6 is 22.9 Å². The number of thiophene rings is 1. The van der Waals surface area contributed by atoms with Crippen molar-refractivity contribution < 1.29 is 14.3 Å². The highest BCUT2D eigenvalue weighted by molar-refractivity contribution is 7.16. The Balaban J connectivity index is 1.43. The zero-order valence-electron chi connectivity index (χ0n) is 15.2. The number of aromatic nitrogens is 4. The van der Waals surface area contributed by atoms with Crippen LogP contribution in [0.1, 0.15) is 53.7 Å². The Morgan fingerprint density at radius 3 is 3.18 bits per heavy atom. The Hall–Kier alpha value is -1.78. The van der Waals surface area contributed by atoms with E-state index in [1.54, 1.807) is 10.9 Å². The maximum absolute atomic E-state index is 10.3. The van der Waals surface area contributed by atoms with Crippen molar-refractivity contribution in [1.29, 1.82) is 0 Å². The van der Waals surface area contributed by atoms with Crippen LogP contribution < -0.4 is 5.32 Å². The second-order valence-corrected chi connectivity index (χ2v) is 9.19. The molecular formula is C18H20ClN5O3S. The minimum absolute atomic E-state index is 0.0150. The molecule has 3 aromatic heterocycles. The van der Waals surface area contributed by atoms with E-state index in [0.717, 1.165) is 28.2 Å². The van der Waals surface area contributed by atoms with E-state index in [4.69, 9.17) is 20.8 Å². The number of halogens is 1. The Kier molecular flexibility index (Phi) is 4.52. The summed E-state index contributed by atoms with van der Waals surface area (Å²) >= 11 is 7.78. The lowest BCUT2D eigenvalue weighted by Crippen LogP contribution is -2.50. The van der Waals surface area contributed by atoms with E-state index < -0.39 is 11.7 Å². The van der Waals surface area contributed by atoms with Crippen molar-refractivity contribution in [3.63, 3.8) is 0 Å². The summed E-state index contributed by atoms with van der Waals surface area (Å²) in [6.45, 7) is 2.92. The van der Waals surface area contributed by atoms with Crippen LogP contribution in [0.3, 0.4) is 0 Å². The predicted octanol–water partition coefficient (Wildman–Crippen LogP) is 2.80. The molecule has 28 heavy (non-hydrogen) atoms. The molecule has 0 aromatic carbocycles. The first-order valence-corrected chi connectivity index (χ1v) is 10.4. The molecule has 3 aromatic rings. The Bertz CT molecular complexity index is 974. The third kappa shape index (κ3) is 3.17. The van der Waals surface area contributed by atoms with E-state index in [0.29, 0.717) is 17.3 Å². The summed E-state index contributed by atoms with van der Waals surface area (Å²) in [6.07, 6.45) is 5.82. The molecule has 0 amide bonds. The lowest BCUT2D eigenvalue weighted by atomic mass is 9.79. The van der Waals surface area contributed by atoms with Gasteiger partial charge in [0.1, 0.15) is 23.7 Å². The van der Waals surface area contributed by atoms with E-state index in [2.05, 4.69) is 27.5 Å². The maximum atomic E-state index is 10.3. The fraction of sp³-hybridized carbons (Fsp3) is 0.500. The lowest BCUT2D eigenvalue weighted by molar-refractivity contribution is -0.129. The van der Waals surface area contributed by atoms with Crippen molar-refractivity contribution in [2.75, 3.05) is 6.61 Å². The number of oxazole rings is 1. The average Bonchev–Trinajstić information content (AvgIpc) is 3.40. The highest BCUT2D eigenvalue weighted by Crippen LogP contribution is 2.51. The topological polar surface area (TPSA) is 98.2 Å². The number of aliphatic hydroxyl groups excluding tert-OH is 1. The molecule has 5 heterocycles. The summed E-state index contributed by atoms with van der Waals surface area (Å²) in [6, 6.07) is 2.06. The van der Waals surface area contributed by atoms with Crippen LogP contribution in [0.5, 0.6) is 0 Å². The van der Waals surface area contributed by atoms with Crippen LogP contribution in [-0.4, -0.2) is 37.7 Å². The van der Waals surface area contributed by atoms with E-state index in [1.165, 1.54) is 17.7 Å². The summed E-state index contributed by atoms with van der Waals surface area (Å²) in [4.78, 5) is 5.15. The molecule has 2 aliphatic rings. The van der Waals surface area contributed by atoms with Gasteiger partial charge in [-0.2, -0.15) is 0 Å². The zero-order chi connectivity index (χ0) is 19.3. The molecule has 1 saturated heterocycles. The van der Waals surface area contributed by atoms with Gasteiger partial charge in [0.05, 0.1) is 35.4 Å². The average molecular weight is 422 g/mol. The number of nitrogens with one attached hydrogen (secondary N) is 1. The van der Waals surface area contributed by atoms with E-state index in [9.17, 15) is 5.11 Å². The van der Waals surface area contributed by atoms with E-state index in [1.807, 2.05) is 12.3 Å². The molecule has 1 fully saturated rings. The van der Waals surface area contributed by atoms with Crippen molar-refractivity contribution in [2.24, 2.45) is 0 Å². The molecule has 4 atom stereocenters. The van der Waals surface area contributed by atoms with Crippen LogP contribution in [0.2, 0.25) is 4.34 Å². The van der Waals surface area contributed by atoms with Gasteiger partial charge in [-0.1, -0.05) is 16.8 Å². The van der Waals surface area contributed by atoms with Gasteiger partial charge in [-0.05, 0) is 19.4 Å². The van der Waals surface area contributed by atoms with Crippen LogP contribution in [0.15, 0.2) is 29.3 Å². The minimum atomic E-state index is -0.628. The number of hydrogen-bond donors (Lipinski definition) is 2. The monoisotopic (exact) mass is 421 g/mol. The molecule has 2 aliphatic heterocycles. The third-order valence-electron chi connectivity index (χ3n) is 5.40. The molecular weight excluding hydrogens is 402 g/mol. The number of fused-ring (bicyclic) bond motifs is 2. The first-order valence-electron chi connectivity index (χ1n) is 9.17. The summed E-state index contributed by atoms with van der Waals surface area (Å²) in [5.74, 6) is 0. The summed E-state index contributed by atoms with van der Waals surface area (Å²) < 4.78 is 13.7. The highest BCUT2D eigenvalue weighted by atomic mass is 35.5. The number of piperidine rings is 1. The third-order valence-corrected chi connectivity index (χ3v) is 6.86. The minimum Gasteiger partial charge on any atom is -0.451 e. The smallest absolute Gasteiger partial charge is 0.180 e. The summed E-state index contributed by atoms with van der Waals surface area (Å²) in [5, 5.41) is 22.5. The van der Waals surface area contributed by atoms with Crippen molar-refractivity contribution in [3.8, 4) is 0 Å². The Morgan fingerprint density at radius 2 is 2.36 bits per heavy atom. The second-order valence-electron chi connectivity index (χ2n) is 7.51. The predicted molar refractivity (Wildman–Crippen MR) is 102 cm³/mol. The fourth-order valence-electron chi connectivity index (χ4n) is 4.27. The number of hydrogen-bond acceptors (Lipinski definition) is 8. The molecule has 1 spiro atoms. The fourth-order valence-corrected chi connectivity index (χ4v) is 5.72. The molecule has 148 valence electrons. The second kappa shape index (κ2) is 6.93. The van der Waals surface area contributed by atoms with Gasteiger partial charge in [-0.15, -0.1) is 16.4 Å². The molecule has 0 saturated carbocycles. The van der Waals surface area contributed by atoms with E-state index >= 15 is 0 Å². The van der Waals surface area contributed by atoms with Crippen LogP contribution in [0.4, 0.5) is 0 Å². The van der Waals surface area contributed by atoms with Gasteiger partial charge in [0.25, 0.3) is 0 Å². The number of rotatable bonds is 3. The van der Waals surface area contributed by atoms with Crippen molar-refractivity contribution >= 4 is 22.9 Å². The first-order chi connectivity index (χ1) is 13.5. The number of ether oxygens (including phenoxy) is 1. The quantitative estimate of drug-likeness (QED) is 0.670. The van der Waals surface area contributed by atoms with Gasteiger partial charge in [0.2, 0.25) is 0 Å². The molecule has 0 radical (unpaired) electrons. The van der Waals surface area contributed by atoms with E-state index in [-0.39, 0.29) is 18.7 Å². The summed E-state index contributed by atoms with van der Waals surface area (Å²) in [7, 11) is 0. The van der Waals surface area contributed by atoms with Gasteiger partial charge in [0, 0.05) is 22.9 Å². The highest BCUT2D eigenvalue weighted by Gasteiger charge is 2.48. The van der Waals surface area contributed by atoms with Gasteiger partial charge in [0.15, 0.2) is 6.39 Å². The molecule has 0 bridgehead atoms. The van der Waals surface area contributed by atoms with Crippen LogP contribution in [0.25, 0.3) is 0 Å². The van der Waals surface area contributed by atoms with Crippen LogP contribution in [-0.2, 0) is 16.9 Å². The van der Waals surface area contributed by atoms with Gasteiger partial charge >= 0.3 is 0 Å². The number of nitrogens with zero attached hydrogens (tertiary/aromatic N) is 4. The maximum Gasteiger partial charge on any atom is 0.180 e. The van der Waals surface area contributed by atoms with Crippen molar-refractivity contribution in [1.82, 2.24) is 25.3 Å². The normalized spacial score (nSPS) is 29.9. The standard InChI is InChI=1S/C18H20ClN5O3S/c1-10-3-18(17-12(2-16(19)28-17)15(25)8-27-18)4-13(21-10)14-6-24(23-22-14)5-11-7-26-9-20-11/h2,6-7,9-10,13,15,21,25H,3-5,8H2,1H3/t10-,13-,15+,18-/m0/s1. The molecule has 2 N–H and O–H groups in total. The molecule has 8 nitrogen and oxygen atoms in total. The van der Waals surface area contributed by atoms with Crippen molar-refractivity contribution in [3.05, 3.63) is 51.1 Å². The van der Waals surface area contributed by atoms with Gasteiger partial charge in [-0.3, -0.25) is 0 Å². The van der Waals surface area contributed by atoms with Gasteiger partial charge < -0.3 is 19.6 Å². The Morgan fingerprint density at radius 1 is 1.46 bits per heavy atom. The molecule has 5 rings (SSSR count). The first kappa shape index (κ1) is 18.3. The SMILES string of the molecule is C[C@H]1C[C@@]2(C[C@@H](c3cn(Cc4cocn4)nn3)N1)OC[C@@H](O)c1cc(Cl)sc12. The lowest BCUT2D eigenvalue weighted by Gasteiger charge is -2.46. The zero-order valence-corrected chi connectivity index (χ0v) is 16.8. The number of aliphatic hydroxyl groups is 1. The molecule has 0 aliphatic carbocycles. The van der Waals surface area contributed by atoms with Gasteiger partial charge in [-0.25, -0.2) is 9.67 Å².